The summed E-state index contributed by atoms with van der Waals surface area (Å²) in [6, 6.07) is 0. The first-order valence-corrected chi connectivity index (χ1v) is 7.58. The maximum absolute atomic E-state index is 12.5. The SMILES string of the molecule is O=S(O)(O)=S(SC(F)(F)F)C(F)(F)C(F)(F)F. The van der Waals surface area contributed by atoms with Gasteiger partial charge in [-0.3, -0.25) is 9.11 Å². The van der Waals surface area contributed by atoms with Crippen molar-refractivity contribution < 1.29 is 48.4 Å². The van der Waals surface area contributed by atoms with Gasteiger partial charge < -0.3 is 0 Å². The second-order valence-electron chi connectivity index (χ2n) is 2.23. The lowest BCUT2D eigenvalue weighted by Crippen LogP contribution is -2.42. The highest BCUT2D eigenvalue weighted by Gasteiger charge is 2.64. The van der Waals surface area contributed by atoms with E-state index in [1.165, 1.54) is 0 Å². The molecule has 106 valence electrons. The fourth-order valence-corrected chi connectivity index (χ4v) is 5.21. The van der Waals surface area contributed by atoms with Crippen molar-refractivity contribution in [3.63, 3.8) is 0 Å². The smallest absolute Gasteiger partial charge is 0.288 e. The van der Waals surface area contributed by atoms with Gasteiger partial charge in [-0.1, -0.05) is 0 Å². The van der Waals surface area contributed by atoms with Crippen LogP contribution < -0.4 is 0 Å². The normalized spacial score (nSPS) is 17.1. The second kappa shape index (κ2) is 4.71. The Hall–Kier alpha value is 0.210. The van der Waals surface area contributed by atoms with Gasteiger partial charge in [-0.05, 0) is 0 Å². The molecule has 0 rings (SSSR count). The Bertz CT molecular complexity index is 392. The minimum Gasteiger partial charge on any atom is -0.288 e. The van der Waals surface area contributed by atoms with E-state index < -0.39 is 45.3 Å². The third kappa shape index (κ3) is 4.76. The minimum atomic E-state index is -6.50. The summed E-state index contributed by atoms with van der Waals surface area (Å²) < 4.78 is 122. The van der Waals surface area contributed by atoms with E-state index in [9.17, 15) is 39.3 Å². The van der Waals surface area contributed by atoms with E-state index in [2.05, 4.69) is 0 Å². The fourth-order valence-electron chi connectivity index (χ4n) is 0.413. The van der Waals surface area contributed by atoms with E-state index in [-0.39, 0.29) is 0 Å². The standard InChI is InChI=1S/C3H2F8O3S3/c4-1(5,6)2(7,8)16(17(12,13)14)15-3(9,10)11/h(H2,12,13,14). The van der Waals surface area contributed by atoms with E-state index >= 15 is 0 Å². The van der Waals surface area contributed by atoms with Gasteiger partial charge >= 0.3 is 16.9 Å². The predicted octanol–water partition coefficient (Wildman–Crippen LogP) is 3.07. The van der Waals surface area contributed by atoms with E-state index in [4.69, 9.17) is 9.11 Å². The molecule has 14 heteroatoms. The van der Waals surface area contributed by atoms with E-state index in [1.54, 1.807) is 0 Å². The van der Waals surface area contributed by atoms with Crippen molar-refractivity contribution in [1.82, 2.24) is 0 Å². The first-order chi connectivity index (χ1) is 7.09. The summed E-state index contributed by atoms with van der Waals surface area (Å²) in [6.07, 6.45) is -6.50. The molecule has 0 heterocycles. The van der Waals surface area contributed by atoms with Crippen molar-refractivity contribution in [2.24, 2.45) is 0 Å². The number of rotatable bonds is 2. The summed E-state index contributed by atoms with van der Waals surface area (Å²) in [5.74, 6) is 0. The molecule has 0 amide bonds. The van der Waals surface area contributed by atoms with Crippen LogP contribution in [0.2, 0.25) is 0 Å². The summed E-state index contributed by atoms with van der Waals surface area (Å²) in [4.78, 5) is 0. The Labute approximate surface area is 94.2 Å². The predicted molar refractivity (Wildman–Crippen MR) is 45.4 cm³/mol. The van der Waals surface area contributed by atoms with Gasteiger partial charge in [-0.2, -0.15) is 35.1 Å². The summed E-state index contributed by atoms with van der Waals surface area (Å²) in [6.45, 7) is 0. The zero-order valence-electron chi connectivity index (χ0n) is 7.05. The molecular formula is C3H2F8O3S3. The number of hydrogen-bond acceptors (Lipinski definition) is 2. The van der Waals surface area contributed by atoms with Gasteiger partial charge in [-0.25, -0.2) is 4.21 Å². The highest BCUT2D eigenvalue weighted by atomic mass is 33.4. The quantitative estimate of drug-likeness (QED) is 0.602. The van der Waals surface area contributed by atoms with Crippen LogP contribution in [0, 0.1) is 0 Å². The van der Waals surface area contributed by atoms with Crippen LogP contribution >= 0.6 is 10.8 Å². The van der Waals surface area contributed by atoms with Gasteiger partial charge in [-0.15, -0.1) is 0 Å². The molecule has 0 aliphatic heterocycles. The third-order valence-electron chi connectivity index (χ3n) is 0.907. The highest BCUT2D eigenvalue weighted by molar-refractivity contribution is 8.87. The molecule has 0 saturated heterocycles. The van der Waals surface area contributed by atoms with Crippen LogP contribution in [0.1, 0.15) is 0 Å². The highest BCUT2D eigenvalue weighted by Crippen LogP contribution is 2.48. The monoisotopic (exact) mass is 334 g/mol. The lowest BCUT2D eigenvalue weighted by atomic mass is 10.7. The van der Waals surface area contributed by atoms with Crippen LogP contribution in [0.5, 0.6) is 0 Å². The summed E-state index contributed by atoms with van der Waals surface area (Å²) >= 11 is 0. The molecular weight excluding hydrogens is 332 g/mol. The van der Waals surface area contributed by atoms with Crippen LogP contribution in [0.4, 0.5) is 35.1 Å². The Morgan fingerprint density at radius 2 is 1.29 bits per heavy atom. The van der Waals surface area contributed by atoms with Crippen molar-refractivity contribution in [2.45, 2.75) is 16.9 Å². The van der Waals surface area contributed by atoms with Crippen LogP contribution in [-0.4, -0.2) is 30.3 Å². The van der Waals surface area contributed by atoms with Crippen LogP contribution in [0.15, 0.2) is 0 Å². The topological polar surface area (TPSA) is 57.5 Å². The molecule has 0 radical (unpaired) electrons. The summed E-state index contributed by atoms with van der Waals surface area (Å²) in [5.41, 5.74) is -5.65. The molecule has 0 saturated carbocycles. The molecule has 0 spiro atoms. The zero-order chi connectivity index (χ0) is 14.3. The van der Waals surface area contributed by atoms with Crippen LogP contribution in [0.3, 0.4) is 0 Å². The molecule has 1 unspecified atom stereocenters. The van der Waals surface area contributed by atoms with Crippen molar-refractivity contribution in [2.75, 3.05) is 0 Å². The lowest BCUT2D eigenvalue weighted by molar-refractivity contribution is -0.237. The molecule has 2 N–H and O–H groups in total. The number of hydrogen-bond donors (Lipinski definition) is 2. The van der Waals surface area contributed by atoms with Crippen molar-refractivity contribution in [3.05, 3.63) is 0 Å². The fraction of sp³-hybridized carbons (Fsp3) is 1.00. The molecule has 0 aliphatic rings. The number of alkyl halides is 8. The zero-order valence-corrected chi connectivity index (χ0v) is 9.50. The van der Waals surface area contributed by atoms with E-state index in [1.807, 2.05) is 0 Å². The Morgan fingerprint density at radius 1 is 0.941 bits per heavy atom. The van der Waals surface area contributed by atoms with Crippen molar-refractivity contribution >= 4 is 28.3 Å². The summed E-state index contributed by atoms with van der Waals surface area (Å²) in [7, 11) is -12.7. The summed E-state index contributed by atoms with van der Waals surface area (Å²) in [5, 5.41) is -6.16. The average molecular weight is 334 g/mol. The Kier molecular flexibility index (Phi) is 4.77. The molecule has 0 aromatic carbocycles. The first-order valence-electron chi connectivity index (χ1n) is 3.04. The third-order valence-corrected chi connectivity index (χ3v) is 7.96. The second-order valence-corrected chi connectivity index (χ2v) is 9.17. The maximum Gasteiger partial charge on any atom is 0.465 e. The molecule has 0 aromatic heterocycles. The van der Waals surface area contributed by atoms with Gasteiger partial charge in [0.25, 0.3) is 0 Å². The van der Waals surface area contributed by atoms with Gasteiger partial charge in [0, 0.05) is 10.8 Å². The first kappa shape index (κ1) is 17.2. The van der Waals surface area contributed by atoms with Crippen molar-refractivity contribution in [1.29, 1.82) is 0 Å². The lowest BCUT2D eigenvalue weighted by Gasteiger charge is -2.23. The average Bonchev–Trinajstić information content (AvgIpc) is 1.93. The molecule has 0 fully saturated rings. The minimum absolute atomic E-state index is 2.08. The van der Waals surface area contributed by atoms with E-state index in [0.29, 0.717) is 0 Å². The van der Waals surface area contributed by atoms with Gasteiger partial charge in [0.15, 0.2) is 0 Å². The van der Waals surface area contributed by atoms with E-state index in [0.717, 1.165) is 0 Å². The van der Waals surface area contributed by atoms with Crippen LogP contribution in [-0.2, 0) is 17.5 Å². The molecule has 0 aliphatic carbocycles. The van der Waals surface area contributed by atoms with Gasteiger partial charge in [0.1, 0.15) is 0 Å². The molecule has 0 aromatic rings. The molecule has 1 atom stereocenters. The largest absolute Gasteiger partial charge is 0.465 e. The molecule has 3 nitrogen and oxygen atoms in total. The van der Waals surface area contributed by atoms with Crippen LogP contribution in [0.25, 0.3) is 0 Å². The Morgan fingerprint density at radius 3 is 1.47 bits per heavy atom. The van der Waals surface area contributed by atoms with Gasteiger partial charge in [0.2, 0.25) is 9.05 Å². The molecule has 0 bridgehead atoms. The Balaban J connectivity index is 5.82. The molecule has 17 heavy (non-hydrogen) atoms. The maximum atomic E-state index is 12.5. The van der Waals surface area contributed by atoms with Crippen molar-refractivity contribution in [3.8, 4) is 0 Å². The van der Waals surface area contributed by atoms with Gasteiger partial charge in [0.05, 0.1) is 8.49 Å². The number of halogens is 8.